The van der Waals surface area contributed by atoms with Gasteiger partial charge >= 0.3 is 0 Å². The van der Waals surface area contributed by atoms with Gasteiger partial charge in [0.05, 0.1) is 30.0 Å². The number of nitrogens with zero attached hydrogens (tertiary/aromatic N) is 3. The van der Waals surface area contributed by atoms with Gasteiger partial charge in [-0.05, 0) is 31.0 Å². The Hall–Kier alpha value is -3.38. The van der Waals surface area contributed by atoms with Crippen molar-refractivity contribution in [1.82, 2.24) is 20.2 Å². The molecular weight excluding hydrogens is 507 g/mol. The number of aromatic nitrogens is 2. The Kier molecular flexibility index (Phi) is 7.20. The number of rotatable bonds is 6. The maximum atomic E-state index is 15.0. The Morgan fingerprint density at radius 1 is 1.30 bits per heavy atom. The number of benzene rings is 1. The topological polar surface area (TPSA) is 96.4 Å². The molecule has 0 radical (unpaired) electrons. The van der Waals surface area contributed by atoms with Crippen LogP contribution in [0.4, 0.5) is 19.0 Å². The molecule has 2 aliphatic heterocycles. The summed E-state index contributed by atoms with van der Waals surface area (Å²) in [5.41, 5.74) is 0.437. The number of ether oxygens (including phenoxy) is 1. The van der Waals surface area contributed by atoms with Crippen molar-refractivity contribution in [2.45, 2.75) is 30.0 Å². The van der Waals surface area contributed by atoms with Gasteiger partial charge in [0.25, 0.3) is 5.91 Å². The lowest BCUT2D eigenvalue weighted by molar-refractivity contribution is -0.113. The maximum absolute atomic E-state index is 15.0. The first-order valence-corrected chi connectivity index (χ1v) is 12.7. The van der Waals surface area contributed by atoms with Gasteiger partial charge in [-0.1, -0.05) is 0 Å². The summed E-state index contributed by atoms with van der Waals surface area (Å²) < 4.78 is 49.1. The summed E-state index contributed by atoms with van der Waals surface area (Å²) in [5.74, 6) is -1.01. The number of carbonyl (C=O) groups is 2. The molecule has 0 saturated carbocycles. The second-order valence-corrected chi connectivity index (χ2v) is 9.92. The number of anilines is 1. The average molecular weight is 532 g/mol. The van der Waals surface area contributed by atoms with Crippen LogP contribution < -0.4 is 15.4 Å². The number of fused-ring (bicyclic) bond motifs is 2. The van der Waals surface area contributed by atoms with E-state index >= 15 is 4.39 Å². The number of thioether (sulfide) groups is 1. The lowest BCUT2D eigenvalue weighted by Gasteiger charge is -2.35. The van der Waals surface area contributed by atoms with Gasteiger partial charge in [0.1, 0.15) is 34.8 Å². The second kappa shape index (κ2) is 10.5. The number of hydrogen-bond donors (Lipinski definition) is 2. The highest BCUT2D eigenvalue weighted by molar-refractivity contribution is 8.00. The fraction of sp³-hybridized carbons (Fsp3) is 0.360. The molecule has 1 fully saturated rings. The summed E-state index contributed by atoms with van der Waals surface area (Å²) in [6, 6.07) is 5.29. The van der Waals surface area contributed by atoms with E-state index in [1.54, 1.807) is 18.2 Å². The smallest absolute Gasteiger partial charge is 0.270 e. The van der Waals surface area contributed by atoms with Gasteiger partial charge < -0.3 is 15.4 Å². The van der Waals surface area contributed by atoms with Crippen molar-refractivity contribution in [3.63, 3.8) is 0 Å². The predicted molar refractivity (Wildman–Crippen MR) is 133 cm³/mol. The fourth-order valence-corrected chi connectivity index (χ4v) is 5.33. The minimum absolute atomic E-state index is 0.0518. The lowest BCUT2D eigenvalue weighted by Crippen LogP contribution is -2.52. The third-order valence-corrected chi connectivity index (χ3v) is 7.57. The number of carbonyl (C=O) groups excluding carboxylic acids is 2. The summed E-state index contributed by atoms with van der Waals surface area (Å²) in [5, 5.41) is 5.66. The van der Waals surface area contributed by atoms with Gasteiger partial charge in [-0.2, -0.15) is 0 Å². The Morgan fingerprint density at radius 2 is 2.14 bits per heavy atom. The number of nitrogens with one attached hydrogen (secondary N) is 2. The molecule has 2 aliphatic rings. The summed E-state index contributed by atoms with van der Waals surface area (Å²) in [7, 11) is 1.40. The molecule has 3 aromatic rings. The van der Waals surface area contributed by atoms with Gasteiger partial charge in [0.2, 0.25) is 5.91 Å². The quantitative estimate of drug-likeness (QED) is 0.504. The second-order valence-electron chi connectivity index (χ2n) is 8.91. The average Bonchev–Trinajstić information content (AvgIpc) is 2.88. The zero-order chi connectivity index (χ0) is 26.1. The Morgan fingerprint density at radius 3 is 2.92 bits per heavy atom. The molecule has 8 nitrogen and oxygen atoms in total. The standard InChI is InChI=1S/C25H24F3N5O3S/c1-36-13-8-15-14(17(27)10-29-23(15)16(26)9-13)4-6-33-7-5-19(18(28)11-33)31-25(35)20-2-3-21-24(30-20)32-22(34)12-37-21/h2-3,8-10,18-19H,4-7,11-12H2,1H3,(H,31,35)(H,30,32,34). The van der Waals surface area contributed by atoms with Crippen LogP contribution in [0, 0.1) is 11.6 Å². The van der Waals surface area contributed by atoms with Gasteiger partial charge in [0.15, 0.2) is 5.82 Å². The van der Waals surface area contributed by atoms with Gasteiger partial charge in [-0.15, -0.1) is 11.8 Å². The van der Waals surface area contributed by atoms with Crippen molar-refractivity contribution in [3.8, 4) is 5.75 Å². The monoisotopic (exact) mass is 531 g/mol. The third-order valence-electron chi connectivity index (χ3n) is 6.52. The SMILES string of the molecule is COc1cc(F)c2ncc(F)c(CCN3CCC(NC(=O)c4ccc5c(n4)NC(=O)CS5)C(F)C3)c2c1. The first-order chi connectivity index (χ1) is 17.8. The number of amides is 2. The van der Waals surface area contributed by atoms with Crippen molar-refractivity contribution in [1.29, 1.82) is 0 Å². The summed E-state index contributed by atoms with van der Waals surface area (Å²) in [6.07, 6.45) is 0.226. The fourth-order valence-electron chi connectivity index (χ4n) is 4.57. The molecule has 2 amide bonds. The van der Waals surface area contributed by atoms with Crippen molar-refractivity contribution in [2.24, 2.45) is 0 Å². The Balaban J connectivity index is 1.21. The minimum atomic E-state index is -1.35. The summed E-state index contributed by atoms with van der Waals surface area (Å²) in [6.45, 7) is 0.884. The highest BCUT2D eigenvalue weighted by atomic mass is 32.2. The number of halogens is 3. The van der Waals surface area contributed by atoms with Crippen LogP contribution in [-0.2, 0) is 11.2 Å². The third kappa shape index (κ3) is 5.35. The molecule has 37 heavy (non-hydrogen) atoms. The molecule has 0 aliphatic carbocycles. The molecule has 5 rings (SSSR count). The van der Waals surface area contributed by atoms with Crippen LogP contribution in [0.3, 0.4) is 0 Å². The first kappa shape index (κ1) is 25.3. The molecular formula is C25H24F3N5O3S. The van der Waals surface area contributed by atoms with Gasteiger partial charge in [-0.3, -0.25) is 19.5 Å². The molecule has 2 aromatic heterocycles. The summed E-state index contributed by atoms with van der Waals surface area (Å²) >= 11 is 1.34. The molecule has 12 heteroatoms. The number of alkyl halides is 1. The molecule has 2 N–H and O–H groups in total. The van der Waals surface area contributed by atoms with E-state index in [9.17, 15) is 18.4 Å². The first-order valence-electron chi connectivity index (χ1n) is 11.7. The molecule has 2 atom stereocenters. The van der Waals surface area contributed by atoms with E-state index in [1.807, 2.05) is 4.90 Å². The van der Waals surface area contributed by atoms with Crippen LogP contribution in [0.1, 0.15) is 22.5 Å². The lowest BCUT2D eigenvalue weighted by atomic mass is 10.0. The zero-order valence-electron chi connectivity index (χ0n) is 19.9. The zero-order valence-corrected chi connectivity index (χ0v) is 20.7. The van der Waals surface area contributed by atoms with Gasteiger partial charge in [0, 0.05) is 36.7 Å². The Bertz CT molecular complexity index is 1380. The van der Waals surface area contributed by atoms with E-state index < -0.39 is 29.8 Å². The molecule has 1 aromatic carbocycles. The van der Waals surface area contributed by atoms with Gasteiger partial charge in [-0.25, -0.2) is 18.2 Å². The molecule has 194 valence electrons. The molecule has 4 heterocycles. The number of hydrogen-bond acceptors (Lipinski definition) is 7. The van der Waals surface area contributed by atoms with E-state index in [4.69, 9.17) is 4.74 Å². The van der Waals surface area contributed by atoms with Crippen molar-refractivity contribution >= 4 is 40.3 Å². The van der Waals surface area contributed by atoms with Crippen LogP contribution in [0.15, 0.2) is 35.4 Å². The van der Waals surface area contributed by atoms with Crippen molar-refractivity contribution in [3.05, 3.63) is 53.4 Å². The van der Waals surface area contributed by atoms with Crippen LogP contribution in [-0.4, -0.2) is 71.4 Å². The number of likely N-dealkylation sites (tertiary alicyclic amines) is 1. The minimum Gasteiger partial charge on any atom is -0.497 e. The van der Waals surface area contributed by atoms with E-state index in [0.717, 1.165) is 11.1 Å². The highest BCUT2D eigenvalue weighted by Crippen LogP contribution is 2.30. The Labute approximate surface area is 215 Å². The number of piperidine rings is 1. The summed E-state index contributed by atoms with van der Waals surface area (Å²) in [4.78, 5) is 35.0. The van der Waals surface area contributed by atoms with Crippen LogP contribution in [0.2, 0.25) is 0 Å². The van der Waals surface area contributed by atoms with Crippen LogP contribution in [0.25, 0.3) is 10.9 Å². The van der Waals surface area contributed by atoms with E-state index in [2.05, 4.69) is 20.6 Å². The van der Waals surface area contributed by atoms with E-state index in [0.29, 0.717) is 30.7 Å². The molecule has 2 unspecified atom stereocenters. The largest absolute Gasteiger partial charge is 0.497 e. The normalized spacial score (nSPS) is 19.8. The van der Waals surface area contributed by atoms with E-state index in [-0.39, 0.29) is 47.1 Å². The number of methoxy groups -OCH3 is 1. The molecule has 1 saturated heterocycles. The maximum Gasteiger partial charge on any atom is 0.270 e. The van der Waals surface area contributed by atoms with Crippen LogP contribution in [0.5, 0.6) is 5.75 Å². The predicted octanol–water partition coefficient (Wildman–Crippen LogP) is 3.35. The van der Waals surface area contributed by atoms with Crippen molar-refractivity contribution < 1.29 is 27.5 Å². The van der Waals surface area contributed by atoms with Crippen molar-refractivity contribution in [2.75, 3.05) is 37.8 Å². The molecule has 0 bridgehead atoms. The molecule has 0 spiro atoms. The highest BCUT2D eigenvalue weighted by Gasteiger charge is 2.31. The van der Waals surface area contributed by atoms with Crippen LogP contribution >= 0.6 is 11.8 Å². The number of pyridine rings is 2. The van der Waals surface area contributed by atoms with E-state index in [1.165, 1.54) is 24.9 Å².